The van der Waals surface area contributed by atoms with E-state index in [9.17, 15) is 14.7 Å². The van der Waals surface area contributed by atoms with E-state index in [4.69, 9.17) is 4.98 Å². The van der Waals surface area contributed by atoms with Gasteiger partial charge >= 0.3 is 5.97 Å². The number of para-hydroxylation sites is 1. The quantitative estimate of drug-likeness (QED) is 0.240. The van der Waals surface area contributed by atoms with Gasteiger partial charge in [0, 0.05) is 6.42 Å². The van der Waals surface area contributed by atoms with Crippen LogP contribution in [0.1, 0.15) is 40.0 Å². The molecule has 0 saturated carbocycles. The summed E-state index contributed by atoms with van der Waals surface area (Å²) in [5, 5.41) is 11.4. The number of aryl methyl sites for hydroxylation is 1. The van der Waals surface area contributed by atoms with E-state index >= 15 is 0 Å². The third kappa shape index (κ3) is 5.17. The van der Waals surface area contributed by atoms with Crippen LogP contribution in [0.3, 0.4) is 0 Å². The van der Waals surface area contributed by atoms with E-state index in [1.54, 1.807) is 9.47 Å². The van der Waals surface area contributed by atoms with Gasteiger partial charge in [-0.1, -0.05) is 61.5 Å². The summed E-state index contributed by atoms with van der Waals surface area (Å²) in [6.45, 7) is 1.89. The average Bonchev–Trinajstić information content (AvgIpc) is 3.55. The smallest absolute Gasteiger partial charge is 0.323 e. The zero-order valence-corrected chi connectivity index (χ0v) is 21.3. The monoisotopic (exact) mass is 509 g/mol. The summed E-state index contributed by atoms with van der Waals surface area (Å²) in [7, 11) is 0. The summed E-state index contributed by atoms with van der Waals surface area (Å²) in [6.07, 6.45) is 2.21. The number of carbonyl (C=O) groups excluding carboxylic acids is 1. The molecule has 1 N–H and O–H groups in total. The second-order valence-corrected chi connectivity index (χ2v) is 9.79. The molecular weight excluding hydrogens is 482 g/mol. The second kappa shape index (κ2) is 10.8. The van der Waals surface area contributed by atoms with Gasteiger partial charge in [-0.3, -0.25) is 14.5 Å². The molecule has 5 aromatic rings. The number of rotatable bonds is 9. The SMILES string of the molecule is CCCc1nc2cc(N(C(=O)c3cccs3)c3ccccc3Cc3ccccc3)ccc2n1CC(=O)O. The zero-order chi connectivity index (χ0) is 25.8. The van der Waals surface area contributed by atoms with Gasteiger partial charge in [-0.15, -0.1) is 11.3 Å². The largest absolute Gasteiger partial charge is 0.480 e. The molecule has 0 spiro atoms. The molecule has 0 aliphatic heterocycles. The number of carbonyl (C=O) groups is 2. The van der Waals surface area contributed by atoms with Crippen LogP contribution in [0, 0.1) is 0 Å². The maximum absolute atomic E-state index is 13.9. The summed E-state index contributed by atoms with van der Waals surface area (Å²) < 4.78 is 1.75. The zero-order valence-electron chi connectivity index (χ0n) is 20.5. The topological polar surface area (TPSA) is 75.4 Å². The minimum atomic E-state index is -0.912. The lowest BCUT2D eigenvalue weighted by Crippen LogP contribution is -2.26. The van der Waals surface area contributed by atoms with E-state index in [0.717, 1.165) is 34.6 Å². The van der Waals surface area contributed by atoms with E-state index < -0.39 is 5.97 Å². The molecule has 2 heterocycles. The van der Waals surface area contributed by atoms with Crippen molar-refractivity contribution in [2.45, 2.75) is 32.7 Å². The first-order valence-corrected chi connectivity index (χ1v) is 13.1. The van der Waals surface area contributed by atoms with Gasteiger partial charge in [0.2, 0.25) is 0 Å². The molecule has 0 bridgehead atoms. The average molecular weight is 510 g/mol. The number of carboxylic acid groups (broad SMARTS) is 1. The molecule has 0 unspecified atom stereocenters. The Labute approximate surface area is 219 Å². The molecule has 7 heteroatoms. The summed E-state index contributed by atoms with van der Waals surface area (Å²) in [4.78, 5) is 32.6. The molecule has 0 aliphatic carbocycles. The van der Waals surface area contributed by atoms with Gasteiger partial charge < -0.3 is 9.67 Å². The Kier molecular flexibility index (Phi) is 7.14. The number of nitrogens with zero attached hydrogens (tertiary/aromatic N) is 3. The van der Waals surface area contributed by atoms with E-state index in [0.29, 0.717) is 28.9 Å². The van der Waals surface area contributed by atoms with Crippen LogP contribution in [0.15, 0.2) is 90.3 Å². The first-order valence-electron chi connectivity index (χ1n) is 12.3. The standard InChI is InChI=1S/C30H27N3O3S/c1-2-9-28-31-24-19-23(15-16-26(24)32(28)20-29(34)35)33(30(36)27-14-8-17-37-27)25-13-7-6-12-22(25)18-21-10-4-3-5-11-21/h3-8,10-17,19H,2,9,18,20H2,1H3,(H,34,35). The van der Waals surface area contributed by atoms with Gasteiger partial charge in [-0.2, -0.15) is 0 Å². The summed E-state index contributed by atoms with van der Waals surface area (Å²) in [5.74, 6) is -0.295. The maximum Gasteiger partial charge on any atom is 0.323 e. The molecule has 3 aromatic carbocycles. The molecule has 2 aromatic heterocycles. The van der Waals surface area contributed by atoms with Crippen molar-refractivity contribution in [3.05, 3.63) is 112 Å². The number of hydrogen-bond acceptors (Lipinski definition) is 4. The first kappa shape index (κ1) is 24.5. The van der Waals surface area contributed by atoms with E-state index in [1.165, 1.54) is 11.3 Å². The van der Waals surface area contributed by atoms with Crippen molar-refractivity contribution in [1.82, 2.24) is 9.55 Å². The number of thiophene rings is 1. The summed E-state index contributed by atoms with van der Waals surface area (Å²) >= 11 is 1.41. The Morgan fingerprint density at radius 1 is 0.973 bits per heavy atom. The highest BCUT2D eigenvalue weighted by molar-refractivity contribution is 7.12. The fourth-order valence-corrected chi connectivity index (χ4v) is 5.26. The fraction of sp³-hybridized carbons (Fsp3) is 0.167. The Balaban J connectivity index is 1.64. The molecule has 0 radical (unpaired) electrons. The van der Waals surface area contributed by atoms with Crippen LogP contribution in [-0.4, -0.2) is 26.5 Å². The number of anilines is 2. The number of imidazole rings is 1. The van der Waals surface area contributed by atoms with Crippen molar-refractivity contribution < 1.29 is 14.7 Å². The Morgan fingerprint density at radius 2 is 1.76 bits per heavy atom. The molecule has 0 atom stereocenters. The van der Waals surface area contributed by atoms with Crippen LogP contribution in [0.2, 0.25) is 0 Å². The van der Waals surface area contributed by atoms with Gasteiger partial charge in [0.1, 0.15) is 12.4 Å². The molecular formula is C30H27N3O3S. The van der Waals surface area contributed by atoms with Gasteiger partial charge in [0.05, 0.1) is 27.3 Å². The number of benzene rings is 3. The Bertz CT molecular complexity index is 1540. The van der Waals surface area contributed by atoms with Crippen molar-refractivity contribution in [3.8, 4) is 0 Å². The lowest BCUT2D eigenvalue weighted by molar-refractivity contribution is -0.137. The lowest BCUT2D eigenvalue weighted by Gasteiger charge is -2.25. The minimum Gasteiger partial charge on any atom is -0.480 e. The van der Waals surface area contributed by atoms with Gasteiger partial charge in [0.15, 0.2) is 0 Å². The molecule has 0 saturated heterocycles. The maximum atomic E-state index is 13.9. The van der Waals surface area contributed by atoms with Crippen molar-refractivity contribution >= 4 is 45.6 Å². The van der Waals surface area contributed by atoms with E-state index in [2.05, 4.69) is 18.2 Å². The number of fused-ring (bicyclic) bond motifs is 1. The molecule has 186 valence electrons. The van der Waals surface area contributed by atoms with Crippen molar-refractivity contribution in [2.75, 3.05) is 4.90 Å². The number of carboxylic acids is 1. The normalized spacial score (nSPS) is 11.1. The number of amides is 1. The number of aliphatic carboxylic acids is 1. The predicted molar refractivity (Wildman–Crippen MR) is 148 cm³/mol. The van der Waals surface area contributed by atoms with Crippen molar-refractivity contribution in [1.29, 1.82) is 0 Å². The van der Waals surface area contributed by atoms with Gasteiger partial charge in [-0.25, -0.2) is 4.98 Å². The van der Waals surface area contributed by atoms with Crippen LogP contribution in [0.5, 0.6) is 0 Å². The van der Waals surface area contributed by atoms with Crippen LogP contribution < -0.4 is 4.90 Å². The first-order chi connectivity index (χ1) is 18.0. The Hall–Kier alpha value is -4.23. The van der Waals surface area contributed by atoms with E-state index in [-0.39, 0.29) is 12.5 Å². The minimum absolute atomic E-state index is 0.117. The molecule has 0 fully saturated rings. The molecule has 37 heavy (non-hydrogen) atoms. The lowest BCUT2D eigenvalue weighted by atomic mass is 10.0. The highest BCUT2D eigenvalue weighted by Gasteiger charge is 2.24. The predicted octanol–water partition coefficient (Wildman–Crippen LogP) is 6.70. The van der Waals surface area contributed by atoms with Crippen LogP contribution in [0.4, 0.5) is 11.4 Å². The third-order valence-corrected chi connectivity index (χ3v) is 7.10. The van der Waals surface area contributed by atoms with Crippen LogP contribution >= 0.6 is 11.3 Å². The van der Waals surface area contributed by atoms with E-state index in [1.807, 2.05) is 79.0 Å². The molecule has 1 amide bonds. The van der Waals surface area contributed by atoms with Crippen molar-refractivity contribution in [2.24, 2.45) is 0 Å². The summed E-state index contributed by atoms with van der Waals surface area (Å²) in [5.41, 5.74) is 5.10. The van der Waals surface area contributed by atoms with Gasteiger partial charge in [0.25, 0.3) is 5.91 Å². The highest BCUT2D eigenvalue weighted by Crippen LogP contribution is 2.34. The van der Waals surface area contributed by atoms with Crippen LogP contribution in [0.25, 0.3) is 11.0 Å². The number of aromatic nitrogens is 2. The molecule has 0 aliphatic rings. The summed E-state index contributed by atoms with van der Waals surface area (Å²) in [6, 6.07) is 27.5. The highest BCUT2D eigenvalue weighted by atomic mass is 32.1. The third-order valence-electron chi connectivity index (χ3n) is 6.24. The Morgan fingerprint density at radius 3 is 2.49 bits per heavy atom. The second-order valence-electron chi connectivity index (χ2n) is 8.84. The fourth-order valence-electron chi connectivity index (χ4n) is 4.60. The molecule has 5 rings (SSSR count). The van der Waals surface area contributed by atoms with Gasteiger partial charge in [-0.05, 0) is 59.7 Å². The molecule has 6 nitrogen and oxygen atoms in total. The van der Waals surface area contributed by atoms with Crippen molar-refractivity contribution in [3.63, 3.8) is 0 Å². The van der Waals surface area contributed by atoms with Crippen LogP contribution in [-0.2, 0) is 24.2 Å². The number of hydrogen-bond donors (Lipinski definition) is 1.